The zero-order valence-corrected chi connectivity index (χ0v) is 6.84. The van der Waals surface area contributed by atoms with Gasteiger partial charge in [0.25, 0.3) is 0 Å². The van der Waals surface area contributed by atoms with E-state index in [0.717, 1.165) is 11.3 Å². The van der Waals surface area contributed by atoms with Gasteiger partial charge >= 0.3 is 0 Å². The predicted molar refractivity (Wildman–Crippen MR) is 47.1 cm³/mol. The van der Waals surface area contributed by atoms with E-state index < -0.39 is 0 Å². The van der Waals surface area contributed by atoms with Crippen LogP contribution in [0.15, 0.2) is 47.5 Å². The van der Waals surface area contributed by atoms with Gasteiger partial charge in [-0.05, 0) is 30.7 Å². The highest BCUT2D eigenvalue weighted by molar-refractivity contribution is 5.44. The Morgan fingerprint density at radius 3 is 3.08 bits per heavy atom. The van der Waals surface area contributed by atoms with Crippen molar-refractivity contribution in [1.82, 2.24) is 5.32 Å². The van der Waals surface area contributed by atoms with E-state index >= 15 is 0 Å². The van der Waals surface area contributed by atoms with Crippen LogP contribution in [0.5, 0.6) is 0 Å². The van der Waals surface area contributed by atoms with Crippen LogP contribution in [0.4, 0.5) is 4.39 Å². The summed E-state index contributed by atoms with van der Waals surface area (Å²) in [6, 6.07) is 0.162. The topological polar surface area (TPSA) is 12.0 Å². The van der Waals surface area contributed by atoms with Crippen LogP contribution in [0.2, 0.25) is 0 Å². The third kappa shape index (κ3) is 1.20. The van der Waals surface area contributed by atoms with Gasteiger partial charge in [0.2, 0.25) is 0 Å². The fraction of sp³-hybridized carbons (Fsp3) is 0.200. The molecule has 1 heterocycles. The third-order valence-electron chi connectivity index (χ3n) is 2.02. The van der Waals surface area contributed by atoms with Crippen molar-refractivity contribution in [1.29, 1.82) is 0 Å². The quantitative estimate of drug-likeness (QED) is 0.577. The highest BCUT2D eigenvalue weighted by atomic mass is 19.1. The highest BCUT2D eigenvalue weighted by Gasteiger charge is 2.15. The van der Waals surface area contributed by atoms with Crippen LogP contribution in [0.25, 0.3) is 0 Å². The average Bonchev–Trinajstić information content (AvgIpc) is 2.05. The SMILES string of the molecule is CC1=CC=C2C=C(F)C=CC2N1. The van der Waals surface area contributed by atoms with E-state index in [4.69, 9.17) is 0 Å². The minimum absolute atomic E-state index is 0.162. The first kappa shape index (κ1) is 7.35. The first-order valence-corrected chi connectivity index (χ1v) is 3.96. The maximum Gasteiger partial charge on any atom is 0.123 e. The van der Waals surface area contributed by atoms with Crippen molar-refractivity contribution in [2.24, 2.45) is 0 Å². The fourth-order valence-corrected chi connectivity index (χ4v) is 1.39. The number of fused-ring (bicyclic) bond motifs is 1. The van der Waals surface area contributed by atoms with Gasteiger partial charge in [-0.1, -0.05) is 12.2 Å². The number of nitrogens with one attached hydrogen (secondary N) is 1. The summed E-state index contributed by atoms with van der Waals surface area (Å²) in [6.45, 7) is 2.00. The minimum Gasteiger partial charge on any atom is -0.378 e. The Balaban J connectivity index is 2.35. The standard InChI is InChI=1S/C10H10FN/c1-7-2-3-8-6-9(11)4-5-10(8)12-7/h2-6,10,12H,1H3. The molecule has 0 bridgehead atoms. The van der Waals surface area contributed by atoms with Crippen molar-refractivity contribution in [2.75, 3.05) is 0 Å². The maximum absolute atomic E-state index is 12.7. The van der Waals surface area contributed by atoms with Crippen molar-refractivity contribution in [3.8, 4) is 0 Å². The first-order valence-electron chi connectivity index (χ1n) is 3.96. The Labute approximate surface area is 71.0 Å². The van der Waals surface area contributed by atoms with Crippen molar-refractivity contribution >= 4 is 0 Å². The van der Waals surface area contributed by atoms with E-state index in [0.29, 0.717) is 0 Å². The van der Waals surface area contributed by atoms with Crippen LogP contribution in [-0.4, -0.2) is 6.04 Å². The number of hydrogen-bond acceptors (Lipinski definition) is 1. The second-order valence-corrected chi connectivity index (χ2v) is 3.03. The van der Waals surface area contributed by atoms with Crippen LogP contribution >= 0.6 is 0 Å². The van der Waals surface area contributed by atoms with E-state index in [-0.39, 0.29) is 11.9 Å². The summed E-state index contributed by atoms with van der Waals surface area (Å²) >= 11 is 0. The van der Waals surface area contributed by atoms with E-state index in [1.54, 1.807) is 6.08 Å². The zero-order chi connectivity index (χ0) is 8.55. The Morgan fingerprint density at radius 1 is 1.42 bits per heavy atom. The van der Waals surface area contributed by atoms with E-state index in [2.05, 4.69) is 5.32 Å². The van der Waals surface area contributed by atoms with Crippen LogP contribution in [0.3, 0.4) is 0 Å². The molecule has 0 saturated carbocycles. The normalized spacial score (nSPS) is 26.5. The third-order valence-corrected chi connectivity index (χ3v) is 2.02. The molecule has 0 saturated heterocycles. The molecule has 1 unspecified atom stereocenters. The average molecular weight is 163 g/mol. The van der Waals surface area contributed by atoms with Crippen molar-refractivity contribution in [3.63, 3.8) is 0 Å². The van der Waals surface area contributed by atoms with Crippen molar-refractivity contribution in [2.45, 2.75) is 13.0 Å². The molecule has 1 nitrogen and oxygen atoms in total. The van der Waals surface area contributed by atoms with Gasteiger partial charge in [-0.3, -0.25) is 0 Å². The molecule has 0 aromatic carbocycles. The molecule has 1 atom stereocenters. The molecule has 2 aliphatic rings. The number of allylic oxidation sites excluding steroid dienone is 5. The molecule has 2 rings (SSSR count). The molecule has 0 amide bonds. The summed E-state index contributed by atoms with van der Waals surface area (Å²) in [5.41, 5.74) is 2.10. The van der Waals surface area contributed by atoms with Crippen LogP contribution in [0, 0.1) is 0 Å². The molecular formula is C10H10FN. The molecule has 0 aromatic rings. The van der Waals surface area contributed by atoms with Gasteiger partial charge in [-0.25, -0.2) is 4.39 Å². The molecule has 62 valence electrons. The van der Waals surface area contributed by atoms with E-state index in [9.17, 15) is 4.39 Å². The molecule has 1 N–H and O–H groups in total. The van der Waals surface area contributed by atoms with Crippen molar-refractivity contribution < 1.29 is 4.39 Å². The maximum atomic E-state index is 12.7. The summed E-state index contributed by atoms with van der Waals surface area (Å²) < 4.78 is 12.7. The van der Waals surface area contributed by atoms with E-state index in [1.807, 2.05) is 25.2 Å². The second-order valence-electron chi connectivity index (χ2n) is 3.03. The van der Waals surface area contributed by atoms with Crippen LogP contribution in [-0.2, 0) is 0 Å². The lowest BCUT2D eigenvalue weighted by Gasteiger charge is -2.23. The van der Waals surface area contributed by atoms with E-state index in [1.165, 1.54) is 6.08 Å². The summed E-state index contributed by atoms with van der Waals surface area (Å²) in [7, 11) is 0. The predicted octanol–water partition coefficient (Wildman–Crippen LogP) is 2.21. The molecule has 0 aromatic heterocycles. The number of halogens is 1. The lowest BCUT2D eigenvalue weighted by atomic mass is 9.98. The summed E-state index contributed by atoms with van der Waals surface area (Å²) in [5.74, 6) is -0.174. The van der Waals surface area contributed by atoms with Crippen LogP contribution < -0.4 is 5.32 Å². The minimum atomic E-state index is -0.174. The van der Waals surface area contributed by atoms with Gasteiger partial charge in [0.15, 0.2) is 0 Å². The highest BCUT2D eigenvalue weighted by Crippen LogP contribution is 2.20. The molecule has 1 aliphatic heterocycles. The molecular weight excluding hydrogens is 153 g/mol. The Hall–Kier alpha value is -1.31. The van der Waals surface area contributed by atoms with Gasteiger partial charge in [0.05, 0.1) is 6.04 Å². The van der Waals surface area contributed by atoms with Crippen LogP contribution in [0.1, 0.15) is 6.92 Å². The Kier molecular flexibility index (Phi) is 1.61. The summed E-state index contributed by atoms with van der Waals surface area (Å²) in [4.78, 5) is 0. The fourth-order valence-electron chi connectivity index (χ4n) is 1.39. The Morgan fingerprint density at radius 2 is 2.25 bits per heavy atom. The van der Waals surface area contributed by atoms with Gasteiger partial charge < -0.3 is 5.32 Å². The van der Waals surface area contributed by atoms with Gasteiger partial charge in [0, 0.05) is 5.70 Å². The Bertz CT molecular complexity index is 321. The van der Waals surface area contributed by atoms with Gasteiger partial charge in [0.1, 0.15) is 5.83 Å². The zero-order valence-electron chi connectivity index (χ0n) is 6.84. The van der Waals surface area contributed by atoms with Gasteiger partial charge in [-0.2, -0.15) is 0 Å². The molecule has 12 heavy (non-hydrogen) atoms. The molecule has 1 aliphatic carbocycles. The first-order chi connectivity index (χ1) is 5.75. The summed E-state index contributed by atoms with van der Waals surface area (Å²) in [5, 5.41) is 3.23. The summed E-state index contributed by atoms with van der Waals surface area (Å²) in [6.07, 6.45) is 8.78. The van der Waals surface area contributed by atoms with Crippen molar-refractivity contribution in [3.05, 3.63) is 47.5 Å². The molecule has 2 heteroatoms. The molecule has 0 fully saturated rings. The largest absolute Gasteiger partial charge is 0.378 e. The van der Waals surface area contributed by atoms with Gasteiger partial charge in [-0.15, -0.1) is 0 Å². The lowest BCUT2D eigenvalue weighted by molar-refractivity contribution is 0.646. The monoisotopic (exact) mass is 163 g/mol. The lowest BCUT2D eigenvalue weighted by Crippen LogP contribution is -2.30. The molecule has 0 spiro atoms. The number of rotatable bonds is 0. The smallest absolute Gasteiger partial charge is 0.123 e. The number of hydrogen-bond donors (Lipinski definition) is 1. The molecule has 0 radical (unpaired) electrons. The number of dihydropyridines is 1. The second kappa shape index (κ2) is 2.63.